The van der Waals surface area contributed by atoms with E-state index < -0.39 is 0 Å². The van der Waals surface area contributed by atoms with Crippen molar-refractivity contribution < 1.29 is 19.1 Å². The Hall–Kier alpha value is -3.87. The van der Waals surface area contributed by atoms with Gasteiger partial charge >= 0.3 is 0 Å². The fraction of sp³-hybridized carbons (Fsp3) is 0.269. The number of carbonyl (C=O) groups is 3. The van der Waals surface area contributed by atoms with Gasteiger partial charge in [-0.1, -0.05) is 42.5 Å². The Labute approximate surface area is 192 Å². The Kier molecular flexibility index (Phi) is 6.88. The first-order chi connectivity index (χ1) is 16.0. The van der Waals surface area contributed by atoms with Crippen molar-refractivity contribution in [1.82, 2.24) is 5.32 Å². The maximum absolute atomic E-state index is 12.5. The predicted molar refractivity (Wildman–Crippen MR) is 128 cm³/mol. The average molecular weight is 446 g/mol. The van der Waals surface area contributed by atoms with Gasteiger partial charge in [-0.2, -0.15) is 0 Å². The van der Waals surface area contributed by atoms with E-state index >= 15 is 0 Å². The topological polar surface area (TPSA) is 87.7 Å². The zero-order valence-corrected chi connectivity index (χ0v) is 18.6. The predicted octanol–water partition coefficient (Wildman–Crippen LogP) is 3.66. The SMILES string of the molecule is COc1ccc(NC(=O)CNC(=O)Cc2cccc3ccccc23)cc1N1CCCCC1=O. The molecule has 0 bridgehead atoms. The molecule has 0 radical (unpaired) electrons. The van der Waals surface area contributed by atoms with Crippen molar-refractivity contribution in [3.8, 4) is 5.75 Å². The number of anilines is 2. The summed E-state index contributed by atoms with van der Waals surface area (Å²) in [6.45, 7) is 0.477. The summed E-state index contributed by atoms with van der Waals surface area (Å²) in [5.74, 6) is 0.0496. The second-order valence-corrected chi connectivity index (χ2v) is 8.03. The number of hydrogen-bond acceptors (Lipinski definition) is 4. The van der Waals surface area contributed by atoms with Crippen LogP contribution in [0.4, 0.5) is 11.4 Å². The molecule has 4 rings (SSSR count). The molecule has 3 aromatic rings. The molecule has 0 aliphatic carbocycles. The summed E-state index contributed by atoms with van der Waals surface area (Å²) in [6.07, 6.45) is 2.50. The molecule has 7 nitrogen and oxygen atoms in total. The molecule has 3 aromatic carbocycles. The first kappa shape index (κ1) is 22.3. The third-order valence-electron chi connectivity index (χ3n) is 5.75. The Bertz CT molecular complexity index is 1190. The largest absolute Gasteiger partial charge is 0.495 e. The van der Waals surface area contributed by atoms with Crippen LogP contribution in [-0.2, 0) is 20.8 Å². The van der Waals surface area contributed by atoms with E-state index in [1.807, 2.05) is 42.5 Å². The van der Waals surface area contributed by atoms with Crippen LogP contribution < -0.4 is 20.3 Å². The lowest BCUT2D eigenvalue weighted by molar-refractivity contribution is -0.123. The highest BCUT2D eigenvalue weighted by atomic mass is 16.5. The Morgan fingerprint density at radius 1 is 1.00 bits per heavy atom. The fourth-order valence-electron chi connectivity index (χ4n) is 4.11. The third-order valence-corrected chi connectivity index (χ3v) is 5.75. The molecular weight excluding hydrogens is 418 g/mol. The summed E-state index contributed by atoms with van der Waals surface area (Å²) in [6, 6.07) is 18.9. The molecule has 1 heterocycles. The van der Waals surface area contributed by atoms with Crippen LogP contribution in [0.15, 0.2) is 60.7 Å². The van der Waals surface area contributed by atoms with Crippen molar-refractivity contribution >= 4 is 39.9 Å². The molecule has 1 fully saturated rings. The molecular formula is C26H27N3O4. The van der Waals surface area contributed by atoms with Gasteiger partial charge in [-0.05, 0) is 47.4 Å². The van der Waals surface area contributed by atoms with Crippen LogP contribution in [0.25, 0.3) is 10.8 Å². The molecule has 0 aromatic heterocycles. The van der Waals surface area contributed by atoms with Gasteiger partial charge in [0.25, 0.3) is 0 Å². The number of amides is 3. The zero-order valence-electron chi connectivity index (χ0n) is 18.6. The summed E-state index contributed by atoms with van der Waals surface area (Å²) >= 11 is 0. The molecule has 0 spiro atoms. The van der Waals surface area contributed by atoms with Crippen molar-refractivity contribution in [3.05, 3.63) is 66.2 Å². The highest BCUT2D eigenvalue weighted by molar-refractivity contribution is 5.99. The smallest absolute Gasteiger partial charge is 0.243 e. The summed E-state index contributed by atoms with van der Waals surface area (Å²) in [5, 5.41) is 7.57. The standard InChI is InChI=1S/C26H27N3O4/c1-33-23-13-12-20(16-22(23)29-14-5-4-11-26(29)32)28-25(31)17-27-24(30)15-19-9-6-8-18-7-2-3-10-21(18)19/h2-3,6-10,12-13,16H,4-5,11,14-15,17H2,1H3,(H,27,30)(H,28,31). The molecule has 1 saturated heterocycles. The van der Waals surface area contributed by atoms with Crippen molar-refractivity contribution in [3.63, 3.8) is 0 Å². The lowest BCUT2D eigenvalue weighted by Gasteiger charge is -2.28. The molecule has 0 saturated carbocycles. The summed E-state index contributed by atoms with van der Waals surface area (Å²) < 4.78 is 5.41. The van der Waals surface area contributed by atoms with Gasteiger partial charge in [0.05, 0.1) is 25.8 Å². The van der Waals surface area contributed by atoms with Crippen LogP contribution in [0, 0.1) is 0 Å². The lowest BCUT2D eigenvalue weighted by Crippen LogP contribution is -2.35. The van der Waals surface area contributed by atoms with E-state index in [1.165, 1.54) is 0 Å². The number of carbonyl (C=O) groups excluding carboxylic acids is 3. The monoisotopic (exact) mass is 445 g/mol. The molecule has 7 heteroatoms. The number of nitrogens with one attached hydrogen (secondary N) is 2. The van der Waals surface area contributed by atoms with Crippen LogP contribution >= 0.6 is 0 Å². The second kappa shape index (κ2) is 10.2. The maximum Gasteiger partial charge on any atom is 0.243 e. The molecule has 33 heavy (non-hydrogen) atoms. The van der Waals surface area contributed by atoms with Gasteiger partial charge < -0.3 is 20.3 Å². The fourth-order valence-corrected chi connectivity index (χ4v) is 4.11. The van der Waals surface area contributed by atoms with E-state index in [1.54, 1.807) is 30.2 Å². The van der Waals surface area contributed by atoms with E-state index in [2.05, 4.69) is 10.6 Å². The van der Waals surface area contributed by atoms with Crippen molar-refractivity contribution in [2.75, 3.05) is 30.4 Å². The van der Waals surface area contributed by atoms with E-state index in [9.17, 15) is 14.4 Å². The van der Waals surface area contributed by atoms with Crippen molar-refractivity contribution in [2.45, 2.75) is 25.7 Å². The minimum atomic E-state index is -0.345. The second-order valence-electron chi connectivity index (χ2n) is 8.03. The minimum Gasteiger partial charge on any atom is -0.495 e. The van der Waals surface area contributed by atoms with Gasteiger partial charge in [0.15, 0.2) is 0 Å². The highest BCUT2D eigenvalue weighted by Crippen LogP contribution is 2.33. The minimum absolute atomic E-state index is 0.0451. The summed E-state index contributed by atoms with van der Waals surface area (Å²) in [7, 11) is 1.55. The molecule has 0 atom stereocenters. The number of rotatable bonds is 7. The number of benzene rings is 3. The molecule has 170 valence electrons. The van der Waals surface area contributed by atoms with Crippen LogP contribution in [0.2, 0.25) is 0 Å². The zero-order chi connectivity index (χ0) is 23.2. The average Bonchev–Trinajstić information content (AvgIpc) is 2.83. The third kappa shape index (κ3) is 5.31. The number of piperidine rings is 1. The quantitative estimate of drug-likeness (QED) is 0.581. The Morgan fingerprint density at radius 3 is 2.64 bits per heavy atom. The van der Waals surface area contributed by atoms with E-state index in [0.717, 1.165) is 29.2 Å². The van der Waals surface area contributed by atoms with Gasteiger partial charge in [-0.25, -0.2) is 0 Å². The van der Waals surface area contributed by atoms with Gasteiger partial charge in [0.1, 0.15) is 5.75 Å². The van der Waals surface area contributed by atoms with Gasteiger partial charge in [0, 0.05) is 18.7 Å². The number of nitrogens with zero attached hydrogens (tertiary/aromatic N) is 1. The van der Waals surface area contributed by atoms with Crippen molar-refractivity contribution in [2.24, 2.45) is 0 Å². The van der Waals surface area contributed by atoms with E-state index in [-0.39, 0.29) is 30.7 Å². The Morgan fingerprint density at radius 2 is 1.82 bits per heavy atom. The molecule has 3 amide bonds. The lowest BCUT2D eigenvalue weighted by atomic mass is 10.0. The molecule has 0 unspecified atom stereocenters. The van der Waals surface area contributed by atoms with Crippen LogP contribution in [0.1, 0.15) is 24.8 Å². The normalized spacial score (nSPS) is 13.6. The number of hydrogen-bond donors (Lipinski definition) is 2. The van der Waals surface area contributed by atoms with Gasteiger partial charge in [-0.15, -0.1) is 0 Å². The molecule has 1 aliphatic heterocycles. The van der Waals surface area contributed by atoms with Gasteiger partial charge in [-0.3, -0.25) is 14.4 Å². The van der Waals surface area contributed by atoms with Crippen LogP contribution in [0.5, 0.6) is 5.75 Å². The first-order valence-corrected chi connectivity index (χ1v) is 11.1. The number of ether oxygens (including phenoxy) is 1. The Balaban J connectivity index is 1.37. The summed E-state index contributed by atoms with van der Waals surface area (Å²) in [4.78, 5) is 38.9. The molecule has 2 N–H and O–H groups in total. The van der Waals surface area contributed by atoms with E-state index in [4.69, 9.17) is 4.74 Å². The number of fused-ring (bicyclic) bond motifs is 1. The molecule has 1 aliphatic rings. The summed E-state index contributed by atoms with van der Waals surface area (Å²) in [5.41, 5.74) is 2.09. The van der Waals surface area contributed by atoms with E-state index in [0.29, 0.717) is 30.1 Å². The number of methoxy groups -OCH3 is 1. The van der Waals surface area contributed by atoms with Crippen molar-refractivity contribution in [1.29, 1.82) is 0 Å². The highest BCUT2D eigenvalue weighted by Gasteiger charge is 2.23. The first-order valence-electron chi connectivity index (χ1n) is 11.1. The van der Waals surface area contributed by atoms with Gasteiger partial charge in [0.2, 0.25) is 17.7 Å². The van der Waals surface area contributed by atoms with Crippen LogP contribution in [-0.4, -0.2) is 37.9 Å². The maximum atomic E-state index is 12.5. The van der Waals surface area contributed by atoms with Crippen LogP contribution in [0.3, 0.4) is 0 Å².